The Kier molecular flexibility index (Phi) is 7.98. The van der Waals surface area contributed by atoms with Crippen LogP contribution in [0.25, 0.3) is 0 Å². The molecular formula is C19H21Cl2N3O2S. The molecule has 2 aromatic carbocycles. The first-order chi connectivity index (χ1) is 12.8. The van der Waals surface area contributed by atoms with Crippen molar-refractivity contribution in [2.24, 2.45) is 0 Å². The van der Waals surface area contributed by atoms with Crippen LogP contribution in [0.1, 0.15) is 6.92 Å². The number of carbonyl (C=O) groups is 2. The van der Waals surface area contributed by atoms with Crippen molar-refractivity contribution in [1.82, 2.24) is 4.90 Å². The number of amides is 2. The molecule has 0 fully saturated rings. The number of hydrogen-bond donors (Lipinski definition) is 2. The van der Waals surface area contributed by atoms with E-state index in [1.165, 1.54) is 0 Å². The van der Waals surface area contributed by atoms with Crippen LogP contribution in [-0.2, 0) is 9.59 Å². The molecule has 2 rings (SSSR count). The summed E-state index contributed by atoms with van der Waals surface area (Å²) >= 11 is 13.5. The van der Waals surface area contributed by atoms with E-state index in [0.29, 0.717) is 15.7 Å². The normalized spacial score (nSPS) is 11.9. The molecule has 2 aromatic rings. The maximum absolute atomic E-state index is 12.5. The Hall–Kier alpha value is -1.73. The lowest BCUT2D eigenvalue weighted by Gasteiger charge is -2.23. The number of halogens is 2. The quantitative estimate of drug-likeness (QED) is 0.635. The van der Waals surface area contributed by atoms with Crippen LogP contribution in [0.3, 0.4) is 0 Å². The van der Waals surface area contributed by atoms with Gasteiger partial charge in [-0.2, -0.15) is 0 Å². The van der Waals surface area contributed by atoms with Crippen molar-refractivity contribution >= 4 is 58.2 Å². The summed E-state index contributed by atoms with van der Waals surface area (Å²) in [5.74, 6) is -0.456. The van der Waals surface area contributed by atoms with E-state index in [4.69, 9.17) is 23.2 Å². The number of nitrogens with zero attached hydrogens (tertiary/aromatic N) is 1. The van der Waals surface area contributed by atoms with Gasteiger partial charge in [0.05, 0.1) is 29.0 Å². The first-order valence-electron chi connectivity index (χ1n) is 8.21. The van der Waals surface area contributed by atoms with Crippen LogP contribution in [0, 0.1) is 0 Å². The number of anilines is 2. The van der Waals surface area contributed by atoms with Gasteiger partial charge in [-0.3, -0.25) is 14.5 Å². The van der Waals surface area contributed by atoms with Gasteiger partial charge >= 0.3 is 0 Å². The molecule has 0 bridgehead atoms. The zero-order chi connectivity index (χ0) is 20.0. The van der Waals surface area contributed by atoms with E-state index >= 15 is 0 Å². The van der Waals surface area contributed by atoms with Gasteiger partial charge in [-0.05, 0) is 50.6 Å². The minimum atomic E-state index is -0.529. The highest BCUT2D eigenvalue weighted by Crippen LogP contribution is 2.26. The molecule has 2 N–H and O–H groups in total. The highest BCUT2D eigenvalue weighted by molar-refractivity contribution is 7.98. The maximum atomic E-state index is 12.5. The minimum Gasteiger partial charge on any atom is -0.324 e. The van der Waals surface area contributed by atoms with Crippen LogP contribution in [0.5, 0.6) is 0 Å². The fraction of sp³-hybridized carbons (Fsp3) is 0.263. The first-order valence-corrected chi connectivity index (χ1v) is 10.2. The molecule has 27 heavy (non-hydrogen) atoms. The van der Waals surface area contributed by atoms with Crippen molar-refractivity contribution < 1.29 is 9.59 Å². The summed E-state index contributed by atoms with van der Waals surface area (Å²) < 4.78 is 0. The zero-order valence-electron chi connectivity index (χ0n) is 15.3. The maximum Gasteiger partial charge on any atom is 0.241 e. The van der Waals surface area contributed by atoms with Gasteiger partial charge in [0.25, 0.3) is 0 Å². The van der Waals surface area contributed by atoms with Gasteiger partial charge in [0.1, 0.15) is 0 Å². The molecule has 1 atom stereocenters. The molecule has 144 valence electrons. The molecule has 0 aliphatic rings. The third-order valence-corrected chi connectivity index (χ3v) is 5.35. The molecule has 0 heterocycles. The van der Waals surface area contributed by atoms with E-state index in [2.05, 4.69) is 10.6 Å². The van der Waals surface area contributed by atoms with Crippen molar-refractivity contribution in [3.8, 4) is 0 Å². The van der Waals surface area contributed by atoms with E-state index in [-0.39, 0.29) is 18.4 Å². The molecule has 0 radical (unpaired) electrons. The van der Waals surface area contributed by atoms with Gasteiger partial charge in [0, 0.05) is 9.92 Å². The summed E-state index contributed by atoms with van der Waals surface area (Å²) in [6.07, 6.45) is 1.95. The third-order valence-electron chi connectivity index (χ3n) is 4.00. The Bertz CT molecular complexity index is 832. The van der Waals surface area contributed by atoms with Gasteiger partial charge < -0.3 is 10.6 Å². The van der Waals surface area contributed by atoms with E-state index in [0.717, 1.165) is 10.6 Å². The largest absolute Gasteiger partial charge is 0.324 e. The molecule has 0 aromatic heterocycles. The van der Waals surface area contributed by atoms with Crippen LogP contribution in [0.4, 0.5) is 11.4 Å². The van der Waals surface area contributed by atoms with E-state index in [1.807, 2.05) is 30.5 Å². The van der Waals surface area contributed by atoms with Crippen LogP contribution < -0.4 is 10.6 Å². The lowest BCUT2D eigenvalue weighted by Crippen LogP contribution is -2.43. The van der Waals surface area contributed by atoms with Crippen molar-refractivity contribution in [2.45, 2.75) is 17.9 Å². The molecule has 8 heteroatoms. The van der Waals surface area contributed by atoms with Crippen LogP contribution in [0.15, 0.2) is 47.4 Å². The Balaban J connectivity index is 1.94. The number of hydrogen-bond acceptors (Lipinski definition) is 4. The monoisotopic (exact) mass is 425 g/mol. The molecule has 1 unspecified atom stereocenters. The summed E-state index contributed by atoms with van der Waals surface area (Å²) in [5.41, 5.74) is 1.23. The van der Waals surface area contributed by atoms with Crippen LogP contribution in [-0.4, -0.2) is 42.6 Å². The predicted molar refractivity (Wildman–Crippen MR) is 114 cm³/mol. The fourth-order valence-electron chi connectivity index (χ4n) is 2.33. The lowest BCUT2D eigenvalue weighted by molar-refractivity contribution is -0.122. The fourth-order valence-corrected chi connectivity index (χ4v) is 3.34. The van der Waals surface area contributed by atoms with E-state index < -0.39 is 6.04 Å². The van der Waals surface area contributed by atoms with Crippen LogP contribution in [0.2, 0.25) is 10.0 Å². The van der Waals surface area contributed by atoms with Crippen molar-refractivity contribution in [1.29, 1.82) is 0 Å². The van der Waals surface area contributed by atoms with Gasteiger partial charge in [-0.25, -0.2) is 0 Å². The second kappa shape index (κ2) is 9.99. The Morgan fingerprint density at radius 1 is 1.11 bits per heavy atom. The molecule has 0 aliphatic carbocycles. The summed E-state index contributed by atoms with van der Waals surface area (Å²) in [4.78, 5) is 27.4. The predicted octanol–water partition coefficient (Wildman–Crippen LogP) is 4.61. The number of likely N-dealkylation sites (N-methyl/N-ethyl adjacent to an activating group) is 1. The van der Waals surface area contributed by atoms with Crippen molar-refractivity contribution in [3.63, 3.8) is 0 Å². The summed E-state index contributed by atoms with van der Waals surface area (Å²) in [6, 6.07) is 11.9. The summed E-state index contributed by atoms with van der Waals surface area (Å²) in [6.45, 7) is 1.80. The van der Waals surface area contributed by atoms with Crippen LogP contribution >= 0.6 is 35.0 Å². The Labute approximate surface area is 173 Å². The SMILES string of the molecule is CSc1ccccc1NC(=O)CN(C)C(C)C(=O)Nc1ccc(Cl)cc1Cl. The van der Waals surface area contributed by atoms with Crippen molar-refractivity contribution in [3.05, 3.63) is 52.5 Å². The second-order valence-electron chi connectivity index (χ2n) is 5.95. The highest BCUT2D eigenvalue weighted by atomic mass is 35.5. The van der Waals surface area contributed by atoms with E-state index in [9.17, 15) is 9.59 Å². The summed E-state index contributed by atoms with van der Waals surface area (Å²) in [5, 5.41) is 6.48. The number of nitrogens with one attached hydrogen (secondary N) is 2. The first kappa shape index (κ1) is 21.6. The molecule has 0 saturated carbocycles. The number of benzene rings is 2. The number of rotatable bonds is 7. The number of thioether (sulfide) groups is 1. The molecular weight excluding hydrogens is 405 g/mol. The lowest BCUT2D eigenvalue weighted by atomic mass is 10.2. The number of carbonyl (C=O) groups excluding carboxylic acids is 2. The molecule has 0 aliphatic heterocycles. The summed E-state index contributed by atoms with van der Waals surface area (Å²) in [7, 11) is 1.72. The Morgan fingerprint density at radius 2 is 1.81 bits per heavy atom. The highest BCUT2D eigenvalue weighted by Gasteiger charge is 2.21. The number of para-hydroxylation sites is 1. The van der Waals surface area contributed by atoms with Crippen molar-refractivity contribution in [2.75, 3.05) is 30.5 Å². The smallest absolute Gasteiger partial charge is 0.241 e. The standard InChI is InChI=1S/C19H21Cl2N3O2S/c1-12(19(26)23-15-9-8-13(20)10-14(15)21)24(2)11-18(25)22-16-6-4-5-7-17(16)27-3/h4-10,12H,11H2,1-3H3,(H,22,25)(H,23,26). The third kappa shape index (κ3) is 6.14. The van der Waals surface area contributed by atoms with Gasteiger partial charge in [0.2, 0.25) is 11.8 Å². The molecule has 0 saturated heterocycles. The second-order valence-corrected chi connectivity index (χ2v) is 7.64. The van der Waals surface area contributed by atoms with Gasteiger partial charge in [-0.15, -0.1) is 11.8 Å². The Morgan fingerprint density at radius 3 is 2.48 bits per heavy atom. The minimum absolute atomic E-state index is 0.0751. The molecule has 2 amide bonds. The zero-order valence-corrected chi connectivity index (χ0v) is 17.6. The molecule has 0 spiro atoms. The average Bonchev–Trinajstić information content (AvgIpc) is 2.63. The van der Waals surface area contributed by atoms with E-state index in [1.54, 1.807) is 48.8 Å². The van der Waals surface area contributed by atoms with Gasteiger partial charge in [0.15, 0.2) is 0 Å². The topological polar surface area (TPSA) is 61.4 Å². The van der Waals surface area contributed by atoms with Gasteiger partial charge in [-0.1, -0.05) is 35.3 Å². The molecule has 5 nitrogen and oxygen atoms in total. The average molecular weight is 426 g/mol.